The van der Waals surface area contributed by atoms with Gasteiger partial charge < -0.3 is 9.73 Å². The number of nitrogens with one attached hydrogen (secondary N) is 1. The molecule has 0 aliphatic heterocycles. The van der Waals surface area contributed by atoms with Crippen LogP contribution < -0.4 is 5.32 Å². The normalized spacial score (nSPS) is 14.9. The highest BCUT2D eigenvalue weighted by Gasteiger charge is 2.18. The Balaban J connectivity index is 0.967. The summed E-state index contributed by atoms with van der Waals surface area (Å²) in [6.07, 6.45) is 7.69. The Morgan fingerprint density at radius 2 is 1.24 bits per heavy atom. The minimum atomic E-state index is 0.291. The topological polar surface area (TPSA) is 25.2 Å². The predicted molar refractivity (Wildman–Crippen MR) is 177 cm³/mol. The number of anilines is 1. The number of allylic oxidation sites excluding steroid dienone is 3. The average molecular weight is 540 g/mol. The summed E-state index contributed by atoms with van der Waals surface area (Å²) in [7, 11) is 0. The van der Waals surface area contributed by atoms with Gasteiger partial charge in [0.1, 0.15) is 11.2 Å². The Labute approximate surface area is 245 Å². The van der Waals surface area contributed by atoms with Crippen LogP contribution in [0.5, 0.6) is 0 Å². The lowest BCUT2D eigenvalue weighted by Crippen LogP contribution is -2.04. The highest BCUT2D eigenvalue weighted by molar-refractivity contribution is 6.06. The fraction of sp³-hybridized carbons (Fsp3) is 0.0500. The Morgan fingerprint density at radius 1 is 0.571 bits per heavy atom. The molecule has 1 aromatic heterocycles. The maximum atomic E-state index is 6.28. The van der Waals surface area contributed by atoms with E-state index in [9.17, 15) is 0 Å². The molecule has 6 aromatic carbocycles. The molecule has 42 heavy (non-hydrogen) atoms. The van der Waals surface area contributed by atoms with Crippen LogP contribution in [-0.4, -0.2) is 0 Å². The fourth-order valence-corrected chi connectivity index (χ4v) is 6.24. The molecule has 2 nitrogen and oxygen atoms in total. The highest BCUT2D eigenvalue weighted by Crippen LogP contribution is 2.37. The average Bonchev–Trinajstić information content (AvgIpc) is 3.44. The molecular weight excluding hydrogens is 510 g/mol. The molecule has 8 rings (SSSR count). The molecule has 0 amide bonds. The molecular formula is C40H29NO. The van der Waals surface area contributed by atoms with E-state index in [0.29, 0.717) is 5.92 Å². The van der Waals surface area contributed by atoms with Crippen LogP contribution in [0.1, 0.15) is 17.9 Å². The lowest BCUT2D eigenvalue weighted by atomic mass is 9.90. The van der Waals surface area contributed by atoms with E-state index in [0.717, 1.165) is 29.0 Å². The van der Waals surface area contributed by atoms with Crippen LogP contribution in [0.3, 0.4) is 0 Å². The molecule has 1 atom stereocenters. The van der Waals surface area contributed by atoms with Crippen molar-refractivity contribution in [2.75, 3.05) is 5.32 Å². The molecule has 1 aliphatic rings. The zero-order valence-electron chi connectivity index (χ0n) is 23.1. The molecule has 200 valence electrons. The number of benzene rings is 6. The molecule has 0 bridgehead atoms. The molecule has 1 heterocycles. The van der Waals surface area contributed by atoms with Crippen molar-refractivity contribution in [2.24, 2.45) is 0 Å². The van der Waals surface area contributed by atoms with E-state index >= 15 is 0 Å². The monoisotopic (exact) mass is 539 g/mol. The molecule has 0 radical (unpaired) electrons. The van der Waals surface area contributed by atoms with E-state index < -0.39 is 0 Å². The third kappa shape index (κ3) is 4.38. The molecule has 1 aliphatic carbocycles. The number of rotatable bonds is 5. The lowest BCUT2D eigenvalue weighted by molar-refractivity contribution is 0.657. The van der Waals surface area contributed by atoms with E-state index in [1.807, 2.05) is 12.1 Å². The van der Waals surface area contributed by atoms with Crippen LogP contribution >= 0.6 is 0 Å². The van der Waals surface area contributed by atoms with E-state index in [1.165, 1.54) is 49.4 Å². The first-order valence-electron chi connectivity index (χ1n) is 14.5. The molecule has 0 saturated heterocycles. The van der Waals surface area contributed by atoms with Gasteiger partial charge >= 0.3 is 0 Å². The largest absolute Gasteiger partial charge is 0.456 e. The van der Waals surface area contributed by atoms with E-state index in [-0.39, 0.29) is 0 Å². The van der Waals surface area contributed by atoms with Gasteiger partial charge in [0.05, 0.1) is 0 Å². The second-order valence-corrected chi connectivity index (χ2v) is 11.0. The minimum Gasteiger partial charge on any atom is -0.456 e. The predicted octanol–water partition coefficient (Wildman–Crippen LogP) is 11.1. The van der Waals surface area contributed by atoms with E-state index in [1.54, 1.807) is 0 Å². The van der Waals surface area contributed by atoms with Crippen molar-refractivity contribution in [3.63, 3.8) is 0 Å². The van der Waals surface area contributed by atoms with Crippen LogP contribution in [0.15, 0.2) is 162 Å². The van der Waals surface area contributed by atoms with Gasteiger partial charge in [-0.2, -0.15) is 0 Å². The molecule has 0 spiro atoms. The summed E-state index contributed by atoms with van der Waals surface area (Å²) in [5.41, 5.74) is 10.3. The molecule has 1 N–H and O–H groups in total. The van der Waals surface area contributed by atoms with Crippen molar-refractivity contribution in [2.45, 2.75) is 12.3 Å². The zero-order valence-corrected chi connectivity index (χ0v) is 23.1. The zero-order chi connectivity index (χ0) is 27.9. The van der Waals surface area contributed by atoms with Crippen molar-refractivity contribution >= 4 is 38.4 Å². The maximum Gasteiger partial charge on any atom is 0.139 e. The third-order valence-electron chi connectivity index (χ3n) is 8.43. The SMILES string of the molecule is C1=CC(c2cccc3c2oc2ccccc23)CC=C1Nc1ccc(-c2ccc(-c3cccc4ccccc34)cc2)cc1. The number of hydrogen-bond donors (Lipinski definition) is 1. The quantitative estimate of drug-likeness (QED) is 0.235. The van der Waals surface area contributed by atoms with Crippen LogP contribution in [0.4, 0.5) is 5.69 Å². The third-order valence-corrected chi connectivity index (χ3v) is 8.43. The van der Waals surface area contributed by atoms with Gasteiger partial charge in [-0.25, -0.2) is 0 Å². The van der Waals surface area contributed by atoms with Gasteiger partial charge in [0.2, 0.25) is 0 Å². The fourth-order valence-electron chi connectivity index (χ4n) is 6.24. The van der Waals surface area contributed by atoms with E-state index in [4.69, 9.17) is 4.42 Å². The molecule has 0 fully saturated rings. The Bertz CT molecular complexity index is 2120. The summed E-state index contributed by atoms with van der Waals surface area (Å²) in [5.74, 6) is 0.291. The van der Waals surface area contributed by atoms with Crippen LogP contribution in [0, 0.1) is 0 Å². The number of fused-ring (bicyclic) bond motifs is 4. The number of hydrogen-bond acceptors (Lipinski definition) is 2. The first kappa shape index (κ1) is 24.5. The summed E-state index contributed by atoms with van der Waals surface area (Å²) >= 11 is 0. The summed E-state index contributed by atoms with van der Waals surface area (Å²) in [6.45, 7) is 0. The van der Waals surface area contributed by atoms with Crippen LogP contribution in [0.25, 0.3) is 55.0 Å². The van der Waals surface area contributed by atoms with Crippen LogP contribution in [0.2, 0.25) is 0 Å². The number of para-hydroxylation sites is 2. The van der Waals surface area contributed by atoms with Crippen molar-refractivity contribution in [3.05, 3.63) is 163 Å². The van der Waals surface area contributed by atoms with Crippen molar-refractivity contribution in [1.82, 2.24) is 0 Å². The second kappa shape index (κ2) is 10.2. The van der Waals surface area contributed by atoms with Crippen molar-refractivity contribution < 1.29 is 4.42 Å². The van der Waals surface area contributed by atoms with Crippen molar-refractivity contribution in [1.29, 1.82) is 0 Å². The van der Waals surface area contributed by atoms with Crippen molar-refractivity contribution in [3.8, 4) is 22.3 Å². The standard InChI is InChI=1S/C40H29NO/c1-2-9-34-29(7-1)8-5-11-35(34)30-17-15-27(16-18-30)28-19-23-32(24-20-28)41-33-25-21-31(22-26-33)36-12-6-13-38-37-10-3-4-14-39(37)42-40(36)38/h1-21,23-26,31,41H,22H2. The molecule has 7 aromatic rings. The molecule has 1 unspecified atom stereocenters. The maximum absolute atomic E-state index is 6.28. The minimum absolute atomic E-state index is 0.291. The van der Waals surface area contributed by atoms with Gasteiger partial charge in [-0.1, -0.05) is 127 Å². The Morgan fingerprint density at radius 3 is 2.05 bits per heavy atom. The van der Waals surface area contributed by atoms with E-state index in [2.05, 4.69) is 145 Å². The second-order valence-electron chi connectivity index (χ2n) is 11.0. The summed E-state index contributed by atoms with van der Waals surface area (Å²) < 4.78 is 6.28. The summed E-state index contributed by atoms with van der Waals surface area (Å²) in [4.78, 5) is 0. The summed E-state index contributed by atoms with van der Waals surface area (Å²) in [5, 5.41) is 8.51. The smallest absolute Gasteiger partial charge is 0.139 e. The Kier molecular flexibility index (Phi) is 5.97. The highest BCUT2D eigenvalue weighted by atomic mass is 16.3. The Hall–Kier alpha value is -5.34. The molecule has 2 heteroatoms. The van der Waals surface area contributed by atoms with Gasteiger partial charge in [-0.05, 0) is 63.7 Å². The lowest BCUT2D eigenvalue weighted by Gasteiger charge is -2.18. The van der Waals surface area contributed by atoms with Gasteiger partial charge in [0.25, 0.3) is 0 Å². The first-order valence-corrected chi connectivity index (χ1v) is 14.5. The van der Waals surface area contributed by atoms with Gasteiger partial charge in [-0.3, -0.25) is 0 Å². The van der Waals surface area contributed by atoms with Gasteiger partial charge in [0, 0.05) is 33.6 Å². The first-order chi connectivity index (χ1) is 20.8. The molecule has 0 saturated carbocycles. The van der Waals surface area contributed by atoms with Gasteiger partial charge in [0.15, 0.2) is 0 Å². The number of furan rings is 1. The van der Waals surface area contributed by atoms with Gasteiger partial charge in [-0.15, -0.1) is 0 Å². The van der Waals surface area contributed by atoms with Crippen LogP contribution in [-0.2, 0) is 0 Å². The summed E-state index contributed by atoms with van der Waals surface area (Å²) in [6, 6.07) is 47.4.